The summed E-state index contributed by atoms with van der Waals surface area (Å²) in [6.07, 6.45) is 5.05. The number of methoxy groups -OCH3 is 1. The molecule has 1 aliphatic carbocycles. The van der Waals surface area contributed by atoms with Gasteiger partial charge in [-0.2, -0.15) is 0 Å². The van der Waals surface area contributed by atoms with Gasteiger partial charge in [0.2, 0.25) is 0 Å². The van der Waals surface area contributed by atoms with Crippen LogP contribution in [0.25, 0.3) is 0 Å². The van der Waals surface area contributed by atoms with Gasteiger partial charge in [-0.1, -0.05) is 19.9 Å². The van der Waals surface area contributed by atoms with Gasteiger partial charge in [0.25, 0.3) is 0 Å². The van der Waals surface area contributed by atoms with E-state index in [2.05, 4.69) is 13.0 Å². The van der Waals surface area contributed by atoms with E-state index >= 15 is 0 Å². The molecule has 0 radical (unpaired) electrons. The minimum atomic E-state index is 0.426. The van der Waals surface area contributed by atoms with Gasteiger partial charge in [-0.05, 0) is 25.3 Å². The first-order valence-electron chi connectivity index (χ1n) is 4.04. The van der Waals surface area contributed by atoms with Gasteiger partial charge in [-0.25, -0.2) is 0 Å². The lowest BCUT2D eigenvalue weighted by Crippen LogP contribution is -2.05. The molecule has 0 saturated carbocycles. The van der Waals surface area contributed by atoms with Crippen molar-refractivity contribution in [1.82, 2.24) is 0 Å². The van der Waals surface area contributed by atoms with Crippen molar-refractivity contribution in [3.05, 3.63) is 11.6 Å². The van der Waals surface area contributed by atoms with Crippen LogP contribution in [0.2, 0.25) is 0 Å². The molecule has 1 rings (SSSR count). The number of allylic oxidation sites excluding steroid dienone is 1. The standard InChI is InChI=1S/C7H12O.C2H6/c1-6-4-3-5-7(6)8-2;1-2/h4,7H,3,5H2,1-2H3;1-2H3. The summed E-state index contributed by atoms with van der Waals surface area (Å²) >= 11 is 0. The lowest BCUT2D eigenvalue weighted by molar-refractivity contribution is 0.132. The lowest BCUT2D eigenvalue weighted by Gasteiger charge is -2.07. The molecule has 0 amide bonds. The monoisotopic (exact) mass is 142 g/mol. The number of ether oxygens (including phenoxy) is 1. The first-order valence-corrected chi connectivity index (χ1v) is 4.04. The van der Waals surface area contributed by atoms with Crippen molar-refractivity contribution in [1.29, 1.82) is 0 Å². The maximum Gasteiger partial charge on any atom is 0.0781 e. The van der Waals surface area contributed by atoms with Crippen molar-refractivity contribution >= 4 is 0 Å². The summed E-state index contributed by atoms with van der Waals surface area (Å²) < 4.78 is 5.16. The third-order valence-corrected chi connectivity index (χ3v) is 1.69. The zero-order valence-corrected chi connectivity index (χ0v) is 7.48. The second-order valence-corrected chi connectivity index (χ2v) is 2.25. The van der Waals surface area contributed by atoms with Crippen molar-refractivity contribution in [2.24, 2.45) is 0 Å². The quantitative estimate of drug-likeness (QED) is 0.511. The Bertz CT molecular complexity index is 105. The Labute approximate surface area is 64.1 Å². The average Bonchev–Trinajstić information content (AvgIpc) is 2.39. The van der Waals surface area contributed by atoms with Gasteiger partial charge in [-0.3, -0.25) is 0 Å². The van der Waals surface area contributed by atoms with Crippen LogP contribution in [0.4, 0.5) is 0 Å². The smallest absolute Gasteiger partial charge is 0.0781 e. The van der Waals surface area contributed by atoms with Crippen LogP contribution in [0.3, 0.4) is 0 Å². The highest BCUT2D eigenvalue weighted by atomic mass is 16.5. The predicted octanol–water partition coefficient (Wildman–Crippen LogP) is 2.77. The van der Waals surface area contributed by atoms with Crippen LogP contribution in [-0.4, -0.2) is 13.2 Å². The number of rotatable bonds is 1. The topological polar surface area (TPSA) is 9.23 Å². The van der Waals surface area contributed by atoms with E-state index in [1.165, 1.54) is 18.4 Å². The molecule has 0 fully saturated rings. The molecule has 60 valence electrons. The van der Waals surface area contributed by atoms with Gasteiger partial charge in [0, 0.05) is 7.11 Å². The fourth-order valence-corrected chi connectivity index (χ4v) is 1.13. The fourth-order valence-electron chi connectivity index (χ4n) is 1.13. The van der Waals surface area contributed by atoms with Gasteiger partial charge in [-0.15, -0.1) is 0 Å². The Balaban J connectivity index is 0.000000371. The molecular weight excluding hydrogens is 124 g/mol. The van der Waals surface area contributed by atoms with Crippen LogP contribution >= 0.6 is 0 Å². The molecule has 0 N–H and O–H groups in total. The molecule has 1 unspecified atom stereocenters. The zero-order valence-electron chi connectivity index (χ0n) is 7.48. The molecule has 0 saturated heterocycles. The summed E-state index contributed by atoms with van der Waals surface area (Å²) in [7, 11) is 1.77. The normalized spacial score (nSPS) is 23.2. The van der Waals surface area contributed by atoms with E-state index in [1.807, 2.05) is 13.8 Å². The Hall–Kier alpha value is -0.300. The highest BCUT2D eigenvalue weighted by Gasteiger charge is 2.12. The molecule has 1 heteroatoms. The highest BCUT2D eigenvalue weighted by molar-refractivity contribution is 5.10. The average molecular weight is 142 g/mol. The molecule has 10 heavy (non-hydrogen) atoms. The summed E-state index contributed by atoms with van der Waals surface area (Å²) in [6, 6.07) is 0. The predicted molar refractivity (Wildman–Crippen MR) is 45.1 cm³/mol. The van der Waals surface area contributed by atoms with E-state index < -0.39 is 0 Å². The maximum absolute atomic E-state index is 5.16. The number of hydrogen-bond donors (Lipinski definition) is 0. The van der Waals surface area contributed by atoms with Crippen LogP contribution in [0.15, 0.2) is 11.6 Å². The Morgan fingerprint density at radius 2 is 2.10 bits per heavy atom. The minimum absolute atomic E-state index is 0.426. The Morgan fingerprint density at radius 1 is 1.50 bits per heavy atom. The lowest BCUT2D eigenvalue weighted by atomic mass is 10.2. The molecule has 0 aromatic heterocycles. The summed E-state index contributed by atoms with van der Waals surface area (Å²) in [4.78, 5) is 0. The molecule has 0 aliphatic heterocycles. The van der Waals surface area contributed by atoms with E-state index in [9.17, 15) is 0 Å². The summed E-state index contributed by atoms with van der Waals surface area (Å²) in [6.45, 7) is 6.13. The van der Waals surface area contributed by atoms with Crippen molar-refractivity contribution in [2.75, 3.05) is 7.11 Å². The molecule has 0 bridgehead atoms. The van der Waals surface area contributed by atoms with Gasteiger partial charge in [0.15, 0.2) is 0 Å². The maximum atomic E-state index is 5.16. The Morgan fingerprint density at radius 3 is 2.30 bits per heavy atom. The minimum Gasteiger partial charge on any atom is -0.377 e. The zero-order chi connectivity index (χ0) is 7.98. The van der Waals surface area contributed by atoms with Crippen LogP contribution in [-0.2, 0) is 4.74 Å². The number of hydrogen-bond acceptors (Lipinski definition) is 1. The summed E-state index contributed by atoms with van der Waals surface area (Å²) in [5, 5.41) is 0. The van der Waals surface area contributed by atoms with Crippen molar-refractivity contribution in [3.63, 3.8) is 0 Å². The summed E-state index contributed by atoms with van der Waals surface area (Å²) in [5.74, 6) is 0. The van der Waals surface area contributed by atoms with Crippen LogP contribution in [0.1, 0.15) is 33.6 Å². The van der Waals surface area contributed by atoms with Crippen LogP contribution in [0, 0.1) is 0 Å². The second-order valence-electron chi connectivity index (χ2n) is 2.25. The largest absolute Gasteiger partial charge is 0.377 e. The summed E-state index contributed by atoms with van der Waals surface area (Å²) in [5.41, 5.74) is 1.40. The molecule has 0 aromatic rings. The van der Waals surface area contributed by atoms with Crippen molar-refractivity contribution in [3.8, 4) is 0 Å². The van der Waals surface area contributed by atoms with Gasteiger partial charge in [0.05, 0.1) is 6.10 Å². The van der Waals surface area contributed by atoms with E-state index in [0.29, 0.717) is 6.10 Å². The Kier molecular flexibility index (Phi) is 5.32. The van der Waals surface area contributed by atoms with E-state index in [-0.39, 0.29) is 0 Å². The highest BCUT2D eigenvalue weighted by Crippen LogP contribution is 2.19. The van der Waals surface area contributed by atoms with Crippen molar-refractivity contribution < 1.29 is 4.74 Å². The van der Waals surface area contributed by atoms with Gasteiger partial charge in [0.1, 0.15) is 0 Å². The molecule has 1 nitrogen and oxygen atoms in total. The molecule has 1 aliphatic rings. The fraction of sp³-hybridized carbons (Fsp3) is 0.778. The van der Waals surface area contributed by atoms with Gasteiger partial charge < -0.3 is 4.74 Å². The molecule has 0 aromatic carbocycles. The molecular formula is C9H18O. The SMILES string of the molecule is CC.COC1CCC=C1C. The van der Waals surface area contributed by atoms with Gasteiger partial charge >= 0.3 is 0 Å². The van der Waals surface area contributed by atoms with Crippen LogP contribution < -0.4 is 0 Å². The molecule has 0 heterocycles. The van der Waals surface area contributed by atoms with E-state index in [4.69, 9.17) is 4.74 Å². The first-order chi connectivity index (χ1) is 4.84. The first kappa shape index (κ1) is 9.70. The second kappa shape index (κ2) is 5.48. The molecule has 1 atom stereocenters. The third kappa shape index (κ3) is 2.53. The van der Waals surface area contributed by atoms with Crippen LogP contribution in [0.5, 0.6) is 0 Å². The van der Waals surface area contributed by atoms with E-state index in [0.717, 1.165) is 0 Å². The van der Waals surface area contributed by atoms with E-state index in [1.54, 1.807) is 7.11 Å². The third-order valence-electron chi connectivity index (χ3n) is 1.69. The van der Waals surface area contributed by atoms with Crippen molar-refractivity contribution in [2.45, 2.75) is 39.7 Å². The molecule has 0 spiro atoms.